The molecule has 0 saturated carbocycles. The molecule has 0 aliphatic heterocycles. The molecule has 0 amide bonds. The largest absolute Gasteiger partial charge is 0.497 e. The van der Waals surface area contributed by atoms with E-state index in [1.165, 1.54) is 0 Å². The number of ether oxygens (including phenoxy) is 2. The Kier molecular flexibility index (Phi) is 11.7. The normalized spacial score (nSPS) is 11.0. The lowest BCUT2D eigenvalue weighted by Crippen LogP contribution is -2.33. The molecule has 1 aromatic rings. The first-order valence-electron chi connectivity index (χ1n) is 7.42. The Morgan fingerprint density at radius 3 is 2.45 bits per heavy atom. The third-order valence-corrected chi connectivity index (χ3v) is 2.94. The van der Waals surface area contributed by atoms with Crippen LogP contribution >= 0.6 is 24.0 Å². The Labute approximate surface area is 150 Å². The molecule has 22 heavy (non-hydrogen) atoms. The third-order valence-electron chi connectivity index (χ3n) is 2.94. The van der Waals surface area contributed by atoms with E-state index in [4.69, 9.17) is 15.2 Å². The van der Waals surface area contributed by atoms with Crippen LogP contribution in [0.25, 0.3) is 0 Å². The summed E-state index contributed by atoms with van der Waals surface area (Å²) >= 11 is 0. The van der Waals surface area contributed by atoms with Gasteiger partial charge in [-0.1, -0.05) is 13.8 Å². The number of nitrogens with zero attached hydrogens (tertiary/aromatic N) is 1. The minimum atomic E-state index is 0. The molecule has 0 atom stereocenters. The average Bonchev–Trinajstić information content (AvgIpc) is 2.47. The number of nitrogens with two attached hydrogens (primary N) is 1. The van der Waals surface area contributed by atoms with Crippen molar-refractivity contribution in [3.05, 3.63) is 24.3 Å². The van der Waals surface area contributed by atoms with Crippen molar-refractivity contribution in [3.63, 3.8) is 0 Å². The first kappa shape index (κ1) is 20.8. The lowest BCUT2D eigenvalue weighted by molar-refractivity contribution is 0.312. The SMILES string of the molecule is COc1ccc(OCCCN=C(N)NCCC(C)C)cc1.I. The van der Waals surface area contributed by atoms with Crippen LogP contribution in [0.1, 0.15) is 26.7 Å². The Balaban J connectivity index is 0.00000441. The minimum Gasteiger partial charge on any atom is -0.497 e. The highest BCUT2D eigenvalue weighted by Gasteiger charge is 1.96. The smallest absolute Gasteiger partial charge is 0.188 e. The second-order valence-electron chi connectivity index (χ2n) is 5.25. The molecule has 126 valence electrons. The summed E-state index contributed by atoms with van der Waals surface area (Å²) in [6.45, 7) is 6.53. The molecule has 0 radical (unpaired) electrons. The second-order valence-corrected chi connectivity index (χ2v) is 5.25. The Morgan fingerprint density at radius 1 is 1.23 bits per heavy atom. The summed E-state index contributed by atoms with van der Waals surface area (Å²) in [6.07, 6.45) is 1.93. The fraction of sp³-hybridized carbons (Fsp3) is 0.562. The van der Waals surface area contributed by atoms with Gasteiger partial charge in [-0.25, -0.2) is 0 Å². The first-order valence-corrected chi connectivity index (χ1v) is 7.42. The second kappa shape index (κ2) is 12.4. The molecule has 0 bridgehead atoms. The van der Waals surface area contributed by atoms with E-state index in [1.807, 2.05) is 24.3 Å². The van der Waals surface area contributed by atoms with Gasteiger partial charge in [0, 0.05) is 19.5 Å². The minimum absolute atomic E-state index is 0. The molecule has 0 saturated heterocycles. The molecule has 0 aromatic heterocycles. The highest BCUT2D eigenvalue weighted by Crippen LogP contribution is 2.16. The third kappa shape index (κ3) is 9.70. The van der Waals surface area contributed by atoms with E-state index in [-0.39, 0.29) is 24.0 Å². The van der Waals surface area contributed by atoms with Crippen LogP contribution in [0.4, 0.5) is 0 Å². The van der Waals surface area contributed by atoms with Crippen molar-refractivity contribution in [2.24, 2.45) is 16.6 Å². The van der Waals surface area contributed by atoms with Gasteiger partial charge in [0.2, 0.25) is 0 Å². The van der Waals surface area contributed by atoms with Crippen molar-refractivity contribution in [2.45, 2.75) is 26.7 Å². The van der Waals surface area contributed by atoms with Crippen LogP contribution in [0.15, 0.2) is 29.3 Å². The molecular formula is C16H28IN3O2. The van der Waals surface area contributed by atoms with Crippen molar-refractivity contribution in [2.75, 3.05) is 26.8 Å². The summed E-state index contributed by atoms with van der Waals surface area (Å²) in [5, 5.41) is 3.11. The number of aliphatic imine (C=N–C) groups is 1. The zero-order valence-corrected chi connectivity index (χ0v) is 16.0. The monoisotopic (exact) mass is 421 g/mol. The number of hydrogen-bond donors (Lipinski definition) is 2. The van der Waals surface area contributed by atoms with E-state index in [9.17, 15) is 0 Å². The van der Waals surface area contributed by atoms with Gasteiger partial charge in [0.1, 0.15) is 11.5 Å². The standard InChI is InChI=1S/C16H27N3O2.HI/c1-13(2)9-11-19-16(17)18-10-4-12-21-15-7-5-14(20-3)6-8-15;/h5-8,13H,4,9-12H2,1-3H3,(H3,17,18,19);1H. The maximum absolute atomic E-state index is 5.77. The zero-order valence-electron chi connectivity index (χ0n) is 13.7. The van der Waals surface area contributed by atoms with E-state index < -0.39 is 0 Å². The summed E-state index contributed by atoms with van der Waals surface area (Å²) in [4.78, 5) is 4.26. The molecule has 6 heteroatoms. The molecule has 5 nitrogen and oxygen atoms in total. The van der Waals surface area contributed by atoms with Gasteiger partial charge in [-0.15, -0.1) is 24.0 Å². The average molecular weight is 421 g/mol. The van der Waals surface area contributed by atoms with E-state index >= 15 is 0 Å². The Hall–Kier alpha value is -1.18. The van der Waals surface area contributed by atoms with Gasteiger partial charge < -0.3 is 20.5 Å². The summed E-state index contributed by atoms with van der Waals surface area (Å²) in [5.74, 6) is 2.85. The topological polar surface area (TPSA) is 68.9 Å². The molecule has 0 spiro atoms. The lowest BCUT2D eigenvalue weighted by atomic mass is 10.1. The highest BCUT2D eigenvalue weighted by atomic mass is 127. The number of rotatable bonds is 9. The summed E-state index contributed by atoms with van der Waals surface area (Å²) in [5.41, 5.74) is 5.77. The first-order chi connectivity index (χ1) is 10.1. The summed E-state index contributed by atoms with van der Waals surface area (Å²) in [7, 11) is 1.65. The summed E-state index contributed by atoms with van der Waals surface area (Å²) < 4.78 is 10.7. The van der Waals surface area contributed by atoms with Crippen LogP contribution in [-0.4, -0.2) is 32.8 Å². The maximum atomic E-state index is 5.77. The van der Waals surface area contributed by atoms with Crippen molar-refractivity contribution in [1.82, 2.24) is 5.32 Å². The molecule has 0 unspecified atom stereocenters. The van der Waals surface area contributed by atoms with Gasteiger partial charge in [-0.3, -0.25) is 4.99 Å². The van der Waals surface area contributed by atoms with E-state index in [0.29, 0.717) is 25.0 Å². The van der Waals surface area contributed by atoms with Gasteiger partial charge in [0.25, 0.3) is 0 Å². The Morgan fingerprint density at radius 2 is 1.86 bits per heavy atom. The van der Waals surface area contributed by atoms with E-state index in [0.717, 1.165) is 30.9 Å². The molecular weight excluding hydrogens is 393 g/mol. The number of guanidine groups is 1. The molecule has 0 fully saturated rings. The predicted octanol–water partition coefficient (Wildman–Crippen LogP) is 3.03. The quantitative estimate of drug-likeness (QED) is 0.278. The number of nitrogens with one attached hydrogen (secondary N) is 1. The van der Waals surface area contributed by atoms with E-state index in [1.54, 1.807) is 7.11 Å². The number of benzene rings is 1. The molecule has 1 rings (SSSR count). The van der Waals surface area contributed by atoms with Crippen molar-refractivity contribution < 1.29 is 9.47 Å². The van der Waals surface area contributed by atoms with Gasteiger partial charge in [-0.2, -0.15) is 0 Å². The lowest BCUT2D eigenvalue weighted by Gasteiger charge is -2.08. The number of methoxy groups -OCH3 is 1. The van der Waals surface area contributed by atoms with Crippen LogP contribution in [0.3, 0.4) is 0 Å². The highest BCUT2D eigenvalue weighted by molar-refractivity contribution is 14.0. The van der Waals surface area contributed by atoms with Gasteiger partial charge >= 0.3 is 0 Å². The zero-order chi connectivity index (χ0) is 15.5. The summed E-state index contributed by atoms with van der Waals surface area (Å²) in [6, 6.07) is 7.54. The van der Waals surface area contributed by atoms with E-state index in [2.05, 4.69) is 24.2 Å². The molecule has 0 heterocycles. The maximum Gasteiger partial charge on any atom is 0.188 e. The number of halogens is 1. The fourth-order valence-electron chi connectivity index (χ4n) is 1.67. The van der Waals surface area contributed by atoms with Crippen molar-refractivity contribution >= 4 is 29.9 Å². The van der Waals surface area contributed by atoms with Crippen LogP contribution in [0.2, 0.25) is 0 Å². The molecule has 1 aromatic carbocycles. The van der Waals surface area contributed by atoms with Gasteiger partial charge in [-0.05, 0) is 36.6 Å². The van der Waals surface area contributed by atoms with Gasteiger partial charge in [0.05, 0.1) is 13.7 Å². The van der Waals surface area contributed by atoms with Crippen LogP contribution < -0.4 is 20.5 Å². The predicted molar refractivity (Wildman–Crippen MR) is 102 cm³/mol. The molecule has 0 aliphatic carbocycles. The van der Waals surface area contributed by atoms with Crippen LogP contribution in [0.5, 0.6) is 11.5 Å². The number of hydrogen-bond acceptors (Lipinski definition) is 3. The Bertz CT molecular complexity index is 422. The fourth-order valence-corrected chi connectivity index (χ4v) is 1.67. The van der Waals surface area contributed by atoms with Crippen LogP contribution in [-0.2, 0) is 0 Å². The van der Waals surface area contributed by atoms with Gasteiger partial charge in [0.15, 0.2) is 5.96 Å². The molecule has 3 N–H and O–H groups in total. The molecule has 0 aliphatic rings. The van der Waals surface area contributed by atoms with Crippen LogP contribution in [0, 0.1) is 5.92 Å². The van der Waals surface area contributed by atoms with Crippen molar-refractivity contribution in [1.29, 1.82) is 0 Å². The van der Waals surface area contributed by atoms with Crippen molar-refractivity contribution in [3.8, 4) is 11.5 Å².